The van der Waals surface area contributed by atoms with Crippen molar-refractivity contribution in [3.63, 3.8) is 0 Å². The Bertz CT molecular complexity index is 329. The van der Waals surface area contributed by atoms with Gasteiger partial charge in [0.25, 0.3) is 0 Å². The van der Waals surface area contributed by atoms with Crippen molar-refractivity contribution in [3.8, 4) is 0 Å². The first kappa shape index (κ1) is 12.0. The Hall–Kier alpha value is -1.43. The van der Waals surface area contributed by atoms with Crippen molar-refractivity contribution in [3.05, 3.63) is 0 Å². The van der Waals surface area contributed by atoms with E-state index in [-0.39, 0.29) is 5.96 Å². The molecule has 94 valence electrons. The maximum absolute atomic E-state index is 10.9. The third-order valence-corrected chi connectivity index (χ3v) is 3.20. The fourth-order valence-electron chi connectivity index (χ4n) is 2.14. The number of hydrogen-bond donors (Lipinski definition) is 2. The molecule has 0 saturated carbocycles. The van der Waals surface area contributed by atoms with Gasteiger partial charge in [-0.05, 0) is 32.9 Å². The number of rotatable bonds is 3. The molecule has 0 aromatic carbocycles. The molecule has 2 N–H and O–H groups in total. The number of likely N-dealkylation sites (tertiary alicyclic amines) is 1. The second-order valence-electron chi connectivity index (χ2n) is 4.54. The number of hydrogen-bond acceptors (Lipinski definition) is 4. The van der Waals surface area contributed by atoms with Crippen molar-refractivity contribution >= 4 is 17.8 Å². The van der Waals surface area contributed by atoms with Gasteiger partial charge in [0.2, 0.25) is 5.96 Å². The van der Waals surface area contributed by atoms with Crippen LogP contribution in [0.15, 0.2) is 4.99 Å². The van der Waals surface area contributed by atoms with Crippen LogP contribution >= 0.6 is 0 Å². The van der Waals surface area contributed by atoms with Gasteiger partial charge in [-0.2, -0.15) is 0 Å². The molecule has 0 radical (unpaired) electrons. The summed E-state index contributed by atoms with van der Waals surface area (Å²) in [6, 6.07) is 0.345. The highest BCUT2D eigenvalue weighted by molar-refractivity contribution is 6.45. The summed E-state index contributed by atoms with van der Waals surface area (Å²) in [4.78, 5) is 28.4. The van der Waals surface area contributed by atoms with Gasteiger partial charge in [-0.25, -0.2) is 0 Å². The molecule has 0 bridgehead atoms. The predicted molar refractivity (Wildman–Crippen MR) is 63.5 cm³/mol. The largest absolute Gasteiger partial charge is 0.316 e. The van der Waals surface area contributed by atoms with Gasteiger partial charge in [-0.1, -0.05) is 6.42 Å². The summed E-state index contributed by atoms with van der Waals surface area (Å²) in [5, 5.41) is 4.79. The molecule has 2 aliphatic heterocycles. The van der Waals surface area contributed by atoms with Crippen LogP contribution in [-0.4, -0.2) is 48.3 Å². The molecule has 2 heterocycles. The van der Waals surface area contributed by atoms with Crippen LogP contribution in [0.4, 0.5) is 0 Å². The number of nitrogens with one attached hydrogen (secondary N) is 2. The molecule has 0 aliphatic carbocycles. The van der Waals surface area contributed by atoms with Gasteiger partial charge in [0, 0.05) is 6.04 Å². The van der Waals surface area contributed by atoms with Gasteiger partial charge in [-0.15, -0.1) is 0 Å². The monoisotopic (exact) mass is 238 g/mol. The number of carbonyl (C=O) groups excluding carboxylic acids is 2. The van der Waals surface area contributed by atoms with Gasteiger partial charge < -0.3 is 0 Å². The Morgan fingerprint density at radius 2 is 1.76 bits per heavy atom. The minimum Gasteiger partial charge on any atom is -0.299 e. The fraction of sp³-hybridized carbons (Fsp3) is 0.727. The van der Waals surface area contributed by atoms with E-state index in [2.05, 4.69) is 27.4 Å². The molecule has 6 heteroatoms. The Morgan fingerprint density at radius 1 is 1.18 bits per heavy atom. The van der Waals surface area contributed by atoms with Crippen molar-refractivity contribution in [1.82, 2.24) is 15.5 Å². The summed E-state index contributed by atoms with van der Waals surface area (Å²) in [6.45, 7) is 4.94. The highest BCUT2D eigenvalue weighted by atomic mass is 16.2. The number of nitrogens with zero attached hydrogens (tertiary/aromatic N) is 2. The quantitative estimate of drug-likeness (QED) is 0.649. The van der Waals surface area contributed by atoms with Gasteiger partial charge >= 0.3 is 11.8 Å². The molecule has 1 atom stereocenters. The number of aliphatic imine (C=N–C) groups is 1. The number of amides is 2. The Morgan fingerprint density at radius 3 is 2.35 bits per heavy atom. The lowest BCUT2D eigenvalue weighted by Gasteiger charge is -2.31. The van der Waals surface area contributed by atoms with E-state index >= 15 is 0 Å². The number of carbonyl (C=O) groups is 2. The summed E-state index contributed by atoms with van der Waals surface area (Å²) in [5.41, 5.74) is 0. The third-order valence-electron chi connectivity index (χ3n) is 3.20. The van der Waals surface area contributed by atoms with Crippen molar-refractivity contribution in [2.45, 2.75) is 32.2 Å². The predicted octanol–water partition coefficient (Wildman–Crippen LogP) is -0.537. The lowest BCUT2D eigenvalue weighted by Crippen LogP contribution is -2.39. The lowest BCUT2D eigenvalue weighted by atomic mass is 10.1. The van der Waals surface area contributed by atoms with E-state index in [0.717, 1.165) is 13.1 Å². The second-order valence-corrected chi connectivity index (χ2v) is 4.54. The average Bonchev–Trinajstić information content (AvgIpc) is 2.67. The normalized spacial score (nSPS) is 23.2. The first-order valence-corrected chi connectivity index (χ1v) is 6.07. The van der Waals surface area contributed by atoms with Crippen LogP contribution in [0, 0.1) is 0 Å². The van der Waals surface area contributed by atoms with Crippen LogP contribution in [0.5, 0.6) is 0 Å². The van der Waals surface area contributed by atoms with E-state index in [4.69, 9.17) is 0 Å². The zero-order valence-electron chi connectivity index (χ0n) is 10.0. The molecule has 6 nitrogen and oxygen atoms in total. The first-order valence-electron chi connectivity index (χ1n) is 6.07. The first-order chi connectivity index (χ1) is 8.16. The van der Waals surface area contributed by atoms with Gasteiger partial charge in [0.15, 0.2) is 0 Å². The minimum atomic E-state index is -0.630. The molecule has 2 fully saturated rings. The fourth-order valence-corrected chi connectivity index (χ4v) is 2.14. The zero-order valence-corrected chi connectivity index (χ0v) is 10.0. The highest BCUT2D eigenvalue weighted by Crippen LogP contribution is 2.12. The molecule has 0 aromatic rings. The third kappa shape index (κ3) is 3.03. The van der Waals surface area contributed by atoms with E-state index < -0.39 is 11.8 Å². The van der Waals surface area contributed by atoms with E-state index in [9.17, 15) is 9.59 Å². The van der Waals surface area contributed by atoms with Gasteiger partial charge in [0.1, 0.15) is 0 Å². The molecular formula is C11H18N4O2. The van der Waals surface area contributed by atoms with E-state index in [1.54, 1.807) is 0 Å². The topological polar surface area (TPSA) is 73.8 Å². The van der Waals surface area contributed by atoms with Crippen LogP contribution in [0.2, 0.25) is 0 Å². The second kappa shape index (κ2) is 5.27. The van der Waals surface area contributed by atoms with Crippen molar-refractivity contribution in [1.29, 1.82) is 0 Å². The molecule has 2 rings (SSSR count). The molecule has 1 unspecified atom stereocenters. The minimum absolute atomic E-state index is 0.281. The average molecular weight is 238 g/mol. The van der Waals surface area contributed by atoms with Crippen LogP contribution in [0.3, 0.4) is 0 Å². The molecule has 0 aromatic heterocycles. The maximum Gasteiger partial charge on any atom is 0.316 e. The number of guanidine groups is 1. The molecular weight excluding hydrogens is 220 g/mol. The lowest BCUT2D eigenvalue weighted by molar-refractivity contribution is -0.135. The summed E-state index contributed by atoms with van der Waals surface area (Å²) in [6.07, 6.45) is 3.80. The van der Waals surface area contributed by atoms with Gasteiger partial charge in [-0.3, -0.25) is 30.1 Å². The zero-order chi connectivity index (χ0) is 12.3. The van der Waals surface area contributed by atoms with Crippen LogP contribution < -0.4 is 10.6 Å². The molecule has 2 amide bonds. The SMILES string of the molecule is CC(CN=C1NC(=O)C(=O)N1)N1CCCCC1. The molecule has 17 heavy (non-hydrogen) atoms. The summed E-state index contributed by atoms with van der Waals surface area (Å²) in [7, 11) is 0. The van der Waals surface area contributed by atoms with Gasteiger partial charge in [0.05, 0.1) is 6.54 Å². The Kier molecular flexibility index (Phi) is 3.73. The van der Waals surface area contributed by atoms with E-state index in [0.29, 0.717) is 12.6 Å². The highest BCUT2D eigenvalue weighted by Gasteiger charge is 2.25. The summed E-state index contributed by atoms with van der Waals surface area (Å²) in [5.74, 6) is -0.979. The van der Waals surface area contributed by atoms with E-state index in [1.165, 1.54) is 19.3 Å². The van der Waals surface area contributed by atoms with Crippen LogP contribution in [-0.2, 0) is 9.59 Å². The maximum atomic E-state index is 10.9. The van der Waals surface area contributed by atoms with Crippen LogP contribution in [0.25, 0.3) is 0 Å². The Labute approximate surface area is 100 Å². The van der Waals surface area contributed by atoms with Crippen molar-refractivity contribution in [2.75, 3.05) is 19.6 Å². The van der Waals surface area contributed by atoms with Crippen molar-refractivity contribution < 1.29 is 9.59 Å². The van der Waals surface area contributed by atoms with E-state index in [1.807, 2.05) is 0 Å². The summed E-state index contributed by atoms with van der Waals surface area (Å²) >= 11 is 0. The Balaban J connectivity index is 1.82. The molecule has 0 spiro atoms. The smallest absolute Gasteiger partial charge is 0.299 e. The van der Waals surface area contributed by atoms with Crippen LogP contribution in [0.1, 0.15) is 26.2 Å². The summed E-state index contributed by atoms with van der Waals surface area (Å²) < 4.78 is 0. The number of piperidine rings is 1. The molecule has 2 saturated heterocycles. The van der Waals surface area contributed by atoms with Crippen molar-refractivity contribution in [2.24, 2.45) is 4.99 Å². The molecule has 2 aliphatic rings. The standard InChI is InChI=1S/C11H18N4O2/c1-8(15-5-3-2-4-6-15)7-12-11-13-9(16)10(17)14-11/h8H,2-7H2,1H3,(H2,12,13,14,16,17).